The molecule has 1 aliphatic heterocycles. The molecule has 0 radical (unpaired) electrons. The lowest BCUT2D eigenvalue weighted by Crippen LogP contribution is -2.32. The molecule has 33 heavy (non-hydrogen) atoms. The number of piperidine rings is 1. The first-order valence-electron chi connectivity index (χ1n) is 11.3. The smallest absolute Gasteiger partial charge is 0.186 e. The van der Waals surface area contributed by atoms with Gasteiger partial charge in [0.25, 0.3) is 0 Å². The summed E-state index contributed by atoms with van der Waals surface area (Å²) in [6, 6.07) is 12.0. The number of ketones is 1. The van der Waals surface area contributed by atoms with Gasteiger partial charge >= 0.3 is 0 Å². The molecular weight excluding hydrogens is 412 g/mol. The average molecular weight is 437 g/mol. The van der Waals surface area contributed by atoms with Crippen LogP contribution in [0.2, 0.25) is 0 Å². The highest BCUT2D eigenvalue weighted by Crippen LogP contribution is 2.36. The number of aromatic amines is 1. The van der Waals surface area contributed by atoms with Crippen molar-refractivity contribution in [3.8, 4) is 22.5 Å². The standard InChI is InChI=1S/C27H24N4O2/c32-24-4-2-21-15-22(1-3-23(21)24)26-25(19-5-10-28-11-6-19)29-27(30-26)20-7-12-31(13-8-20)16-18-9-14-33-17-18/h1-6,9-11,14-15,17,20H,7-8,12-13,16H2,(H,29,30). The predicted octanol–water partition coefficient (Wildman–Crippen LogP) is 5.32. The minimum absolute atomic E-state index is 0.0656. The summed E-state index contributed by atoms with van der Waals surface area (Å²) in [5.74, 6) is 1.48. The van der Waals surface area contributed by atoms with Gasteiger partial charge in [-0.05, 0) is 67.9 Å². The number of carbonyl (C=O) groups excluding carboxylic acids is 1. The summed E-state index contributed by atoms with van der Waals surface area (Å²) in [6.07, 6.45) is 12.8. The van der Waals surface area contributed by atoms with Gasteiger partial charge in [-0.15, -0.1) is 0 Å². The van der Waals surface area contributed by atoms with Gasteiger partial charge in [-0.1, -0.05) is 12.1 Å². The fraction of sp³-hybridized carbons (Fsp3) is 0.222. The van der Waals surface area contributed by atoms with E-state index in [1.54, 1.807) is 24.7 Å². The number of rotatable bonds is 5. The summed E-state index contributed by atoms with van der Waals surface area (Å²) in [4.78, 5) is 27.4. The molecule has 1 N–H and O–H groups in total. The Kier molecular flexibility index (Phi) is 5.00. The number of imidazole rings is 1. The number of allylic oxidation sites excluding steroid dienone is 1. The minimum Gasteiger partial charge on any atom is -0.472 e. The first kappa shape index (κ1) is 19.9. The summed E-state index contributed by atoms with van der Waals surface area (Å²) in [6.45, 7) is 2.99. The number of furan rings is 1. The van der Waals surface area contributed by atoms with Crippen LogP contribution in [0.1, 0.15) is 46.1 Å². The van der Waals surface area contributed by atoms with E-state index in [1.807, 2.05) is 42.7 Å². The number of hydrogen-bond donors (Lipinski definition) is 1. The molecule has 2 aliphatic rings. The molecule has 0 unspecified atom stereocenters. The lowest BCUT2D eigenvalue weighted by molar-refractivity contribution is 0.105. The lowest BCUT2D eigenvalue weighted by Gasteiger charge is -2.30. The normalized spacial score (nSPS) is 16.4. The molecule has 1 aliphatic carbocycles. The number of fused-ring (bicyclic) bond motifs is 1. The third kappa shape index (κ3) is 3.83. The SMILES string of the molecule is O=C1C=Cc2cc(-c3nc(C4CCN(Cc5ccoc5)CC4)[nH]c3-c3ccncc3)ccc21. The van der Waals surface area contributed by atoms with Crippen molar-refractivity contribution in [1.29, 1.82) is 0 Å². The number of nitrogens with zero attached hydrogens (tertiary/aromatic N) is 3. The van der Waals surface area contributed by atoms with Gasteiger partial charge in [0.15, 0.2) is 5.78 Å². The molecule has 0 saturated carbocycles. The largest absolute Gasteiger partial charge is 0.472 e. The molecule has 6 nitrogen and oxygen atoms in total. The number of hydrogen-bond acceptors (Lipinski definition) is 5. The van der Waals surface area contributed by atoms with E-state index in [2.05, 4.69) is 20.9 Å². The summed E-state index contributed by atoms with van der Waals surface area (Å²) in [7, 11) is 0. The van der Waals surface area contributed by atoms with E-state index in [0.29, 0.717) is 5.92 Å². The Balaban J connectivity index is 1.30. The highest BCUT2D eigenvalue weighted by molar-refractivity contribution is 6.14. The molecule has 0 atom stereocenters. The van der Waals surface area contributed by atoms with Gasteiger partial charge in [0, 0.05) is 47.1 Å². The van der Waals surface area contributed by atoms with Gasteiger partial charge in [-0.25, -0.2) is 4.98 Å². The Morgan fingerprint density at radius 3 is 2.67 bits per heavy atom. The zero-order chi connectivity index (χ0) is 22.2. The van der Waals surface area contributed by atoms with Crippen LogP contribution in [0.4, 0.5) is 0 Å². The molecule has 1 fully saturated rings. The zero-order valence-corrected chi connectivity index (χ0v) is 18.2. The van der Waals surface area contributed by atoms with E-state index in [4.69, 9.17) is 9.40 Å². The van der Waals surface area contributed by atoms with Crippen molar-refractivity contribution in [1.82, 2.24) is 19.9 Å². The molecule has 1 saturated heterocycles. The van der Waals surface area contributed by atoms with E-state index in [0.717, 1.165) is 71.9 Å². The summed E-state index contributed by atoms with van der Waals surface area (Å²) in [5, 5.41) is 0. The molecule has 6 rings (SSSR count). The quantitative estimate of drug-likeness (QED) is 0.458. The number of pyridine rings is 1. The highest BCUT2D eigenvalue weighted by atomic mass is 16.3. The fourth-order valence-corrected chi connectivity index (χ4v) is 4.85. The van der Waals surface area contributed by atoms with Crippen LogP contribution in [0, 0.1) is 0 Å². The van der Waals surface area contributed by atoms with E-state index < -0.39 is 0 Å². The number of nitrogens with one attached hydrogen (secondary N) is 1. The molecule has 4 aromatic rings. The minimum atomic E-state index is 0.0656. The Bertz CT molecular complexity index is 1310. The second kappa shape index (κ2) is 8.30. The molecule has 6 heteroatoms. The van der Waals surface area contributed by atoms with Crippen LogP contribution in [0.25, 0.3) is 28.6 Å². The molecule has 164 valence electrons. The van der Waals surface area contributed by atoms with E-state index >= 15 is 0 Å². The third-order valence-electron chi connectivity index (χ3n) is 6.66. The molecule has 1 aromatic carbocycles. The van der Waals surface area contributed by atoms with Crippen molar-refractivity contribution in [2.75, 3.05) is 13.1 Å². The second-order valence-corrected chi connectivity index (χ2v) is 8.76. The lowest BCUT2D eigenvalue weighted by atomic mass is 9.96. The van der Waals surface area contributed by atoms with Crippen LogP contribution in [0.15, 0.2) is 71.8 Å². The zero-order valence-electron chi connectivity index (χ0n) is 18.2. The maximum Gasteiger partial charge on any atom is 0.186 e. The van der Waals surface area contributed by atoms with Crippen LogP contribution in [0.3, 0.4) is 0 Å². The first-order valence-corrected chi connectivity index (χ1v) is 11.3. The van der Waals surface area contributed by atoms with Crippen molar-refractivity contribution in [2.24, 2.45) is 0 Å². The Morgan fingerprint density at radius 2 is 1.88 bits per heavy atom. The van der Waals surface area contributed by atoms with Gasteiger partial charge in [-0.3, -0.25) is 14.7 Å². The van der Waals surface area contributed by atoms with Crippen LogP contribution in [0.5, 0.6) is 0 Å². The second-order valence-electron chi connectivity index (χ2n) is 8.76. The number of H-pyrrole nitrogens is 1. The van der Waals surface area contributed by atoms with Crippen molar-refractivity contribution < 1.29 is 9.21 Å². The molecule has 0 bridgehead atoms. The third-order valence-corrected chi connectivity index (χ3v) is 6.66. The number of benzene rings is 1. The molecule has 0 amide bonds. The van der Waals surface area contributed by atoms with Crippen molar-refractivity contribution >= 4 is 11.9 Å². The van der Waals surface area contributed by atoms with Crippen LogP contribution < -0.4 is 0 Å². The number of aromatic nitrogens is 3. The average Bonchev–Trinajstić information content (AvgIpc) is 3.61. The Hall–Kier alpha value is -3.77. The van der Waals surface area contributed by atoms with Gasteiger partial charge in [0.05, 0.1) is 23.9 Å². The van der Waals surface area contributed by atoms with Crippen molar-refractivity contribution in [3.63, 3.8) is 0 Å². The predicted molar refractivity (Wildman–Crippen MR) is 127 cm³/mol. The topological polar surface area (TPSA) is 75.0 Å². The van der Waals surface area contributed by atoms with Gasteiger partial charge in [0.2, 0.25) is 0 Å². The van der Waals surface area contributed by atoms with E-state index in [9.17, 15) is 4.79 Å². The molecule has 3 aromatic heterocycles. The monoisotopic (exact) mass is 436 g/mol. The van der Waals surface area contributed by atoms with Crippen LogP contribution in [-0.2, 0) is 6.54 Å². The highest BCUT2D eigenvalue weighted by Gasteiger charge is 2.26. The maximum atomic E-state index is 12.0. The maximum absolute atomic E-state index is 12.0. The Labute approximate surface area is 192 Å². The van der Waals surface area contributed by atoms with Gasteiger partial charge in [-0.2, -0.15) is 0 Å². The first-order chi connectivity index (χ1) is 16.2. The summed E-state index contributed by atoms with van der Waals surface area (Å²) < 4.78 is 5.21. The summed E-state index contributed by atoms with van der Waals surface area (Å²) in [5.41, 5.74) is 6.93. The number of carbonyl (C=O) groups is 1. The Morgan fingerprint density at radius 1 is 1.03 bits per heavy atom. The number of likely N-dealkylation sites (tertiary alicyclic amines) is 1. The molecular formula is C27H24N4O2. The van der Waals surface area contributed by atoms with E-state index in [-0.39, 0.29) is 5.78 Å². The van der Waals surface area contributed by atoms with Gasteiger partial charge in [0.1, 0.15) is 5.82 Å². The van der Waals surface area contributed by atoms with E-state index in [1.165, 1.54) is 5.56 Å². The summed E-state index contributed by atoms with van der Waals surface area (Å²) >= 11 is 0. The fourth-order valence-electron chi connectivity index (χ4n) is 4.85. The van der Waals surface area contributed by atoms with Gasteiger partial charge < -0.3 is 9.40 Å². The molecule has 4 heterocycles. The van der Waals surface area contributed by atoms with Crippen LogP contribution >= 0.6 is 0 Å². The van der Waals surface area contributed by atoms with Crippen molar-refractivity contribution in [2.45, 2.75) is 25.3 Å². The van der Waals surface area contributed by atoms with Crippen molar-refractivity contribution in [3.05, 3.63) is 89.9 Å². The molecule has 0 spiro atoms. The van der Waals surface area contributed by atoms with Crippen LogP contribution in [-0.4, -0.2) is 38.7 Å².